The van der Waals surface area contributed by atoms with Gasteiger partial charge in [-0.05, 0) is 141 Å². The van der Waals surface area contributed by atoms with Crippen molar-refractivity contribution in [2.45, 2.75) is 117 Å². The van der Waals surface area contributed by atoms with Crippen LogP contribution in [0.5, 0.6) is 0 Å². The number of hydrogen-bond acceptors (Lipinski definition) is 9. The molecular weight excluding hydrogens is 605 g/mol. The molecule has 8 nitrogen and oxygen atoms in total. The normalized spacial score (nSPS) is 33.2. The van der Waals surface area contributed by atoms with Gasteiger partial charge in [-0.15, -0.1) is 0 Å². The Labute approximate surface area is 298 Å². The number of hydrogen-bond donors (Lipinski definition) is 0. The van der Waals surface area contributed by atoms with Crippen molar-refractivity contribution in [3.8, 4) is 0 Å². The SMILES string of the molecule is CC1CCCCN1C.CC1CCCN(C)C1.CC1CCCN1C.CC1COCCN1C.CC1COCCN1C.CC1CSCCN1C. The van der Waals surface area contributed by atoms with E-state index in [1.165, 1.54) is 89.2 Å². The Balaban J connectivity index is 0.000000282. The lowest BCUT2D eigenvalue weighted by molar-refractivity contribution is 0.0130. The summed E-state index contributed by atoms with van der Waals surface area (Å²) >= 11 is 2.07. The van der Waals surface area contributed by atoms with Crippen LogP contribution >= 0.6 is 11.8 Å². The second kappa shape index (κ2) is 26.8. The number of nitrogens with zero attached hydrogens (tertiary/aromatic N) is 6. The average Bonchev–Trinajstić information content (AvgIpc) is 3.42. The van der Waals surface area contributed by atoms with Gasteiger partial charge in [-0.3, -0.25) is 9.80 Å². The number of likely N-dealkylation sites (tertiary alicyclic amines) is 3. The number of thioether (sulfide) groups is 1. The molecule has 0 aliphatic carbocycles. The summed E-state index contributed by atoms with van der Waals surface area (Å²) in [5.41, 5.74) is 0. The average molecular weight is 687 g/mol. The Morgan fingerprint density at radius 2 is 0.936 bits per heavy atom. The van der Waals surface area contributed by atoms with Crippen molar-refractivity contribution < 1.29 is 9.47 Å². The van der Waals surface area contributed by atoms with Crippen molar-refractivity contribution in [3.63, 3.8) is 0 Å². The maximum atomic E-state index is 5.21. The third kappa shape index (κ3) is 21.8. The molecule has 0 N–H and O–H groups in total. The quantitative estimate of drug-likeness (QED) is 0.321. The number of rotatable bonds is 0. The van der Waals surface area contributed by atoms with Crippen LogP contribution in [-0.2, 0) is 9.47 Å². The van der Waals surface area contributed by atoms with Crippen LogP contribution in [0.15, 0.2) is 0 Å². The van der Waals surface area contributed by atoms with E-state index in [4.69, 9.17) is 9.47 Å². The standard InChI is InChI=1S/2C7H15N.2C6H13NO.C6H13NS.C6H13N/c1-7-4-3-5-8(2)6-7;1-7-5-3-4-6-8(7)2;3*1-6-5-8-4-3-7(6)2;1-6-4-3-5-7(6)2/h2*7H,3-6H2,1-2H3;3*6H,3-5H2,1-2H3;6H,3-5H2,1-2H3. The summed E-state index contributed by atoms with van der Waals surface area (Å²) in [6.45, 7) is 25.8. The molecular formula is C38H82N6O2S. The zero-order valence-corrected chi connectivity index (χ0v) is 34.3. The molecule has 6 heterocycles. The molecule has 6 aliphatic rings. The summed E-state index contributed by atoms with van der Waals surface area (Å²) in [4.78, 5) is 14.3. The molecule has 9 heteroatoms. The summed E-state index contributed by atoms with van der Waals surface area (Å²) in [7, 11) is 13.1. The maximum absolute atomic E-state index is 5.21. The predicted octanol–water partition coefficient (Wildman–Crippen LogP) is 5.67. The first-order valence-corrected chi connectivity index (χ1v) is 20.4. The maximum Gasteiger partial charge on any atom is 0.0619 e. The smallest absolute Gasteiger partial charge is 0.0619 e. The molecule has 0 saturated carbocycles. The van der Waals surface area contributed by atoms with Gasteiger partial charge in [0.15, 0.2) is 0 Å². The number of piperidine rings is 2. The lowest BCUT2D eigenvalue weighted by Crippen LogP contribution is -2.40. The summed E-state index contributed by atoms with van der Waals surface area (Å²) in [6, 6.07) is 3.71. The van der Waals surface area contributed by atoms with Gasteiger partial charge in [0.2, 0.25) is 0 Å². The van der Waals surface area contributed by atoms with Gasteiger partial charge in [-0.1, -0.05) is 13.3 Å². The molecule has 282 valence electrons. The van der Waals surface area contributed by atoms with Crippen LogP contribution in [0.1, 0.15) is 86.5 Å². The van der Waals surface area contributed by atoms with E-state index in [1.54, 1.807) is 0 Å². The molecule has 0 bridgehead atoms. The Hall–Kier alpha value is 0.0300. The van der Waals surface area contributed by atoms with Crippen molar-refractivity contribution in [3.05, 3.63) is 0 Å². The molecule has 0 amide bonds. The molecule has 0 aromatic rings. The molecule has 6 fully saturated rings. The van der Waals surface area contributed by atoms with Gasteiger partial charge < -0.3 is 29.1 Å². The van der Waals surface area contributed by atoms with Crippen LogP contribution in [0.2, 0.25) is 0 Å². The minimum absolute atomic E-state index is 0.615. The Morgan fingerprint density at radius 3 is 1.21 bits per heavy atom. The third-order valence-electron chi connectivity index (χ3n) is 11.0. The fourth-order valence-corrected chi connectivity index (χ4v) is 7.35. The van der Waals surface area contributed by atoms with Gasteiger partial charge in [0, 0.05) is 67.9 Å². The Morgan fingerprint density at radius 1 is 0.468 bits per heavy atom. The largest absolute Gasteiger partial charge is 0.379 e. The molecule has 6 atom stereocenters. The molecule has 47 heavy (non-hydrogen) atoms. The minimum atomic E-state index is 0.615. The summed E-state index contributed by atoms with van der Waals surface area (Å²) in [6.07, 6.45) is 9.87. The van der Waals surface area contributed by atoms with E-state index >= 15 is 0 Å². The van der Waals surface area contributed by atoms with Crippen molar-refractivity contribution in [1.29, 1.82) is 0 Å². The first-order chi connectivity index (χ1) is 22.3. The van der Waals surface area contributed by atoms with E-state index in [1.807, 2.05) is 0 Å². The highest BCUT2D eigenvalue weighted by molar-refractivity contribution is 7.99. The van der Waals surface area contributed by atoms with Crippen LogP contribution in [0.4, 0.5) is 0 Å². The molecule has 0 aromatic heterocycles. The van der Waals surface area contributed by atoms with E-state index in [0.717, 1.165) is 63.6 Å². The first-order valence-electron chi connectivity index (χ1n) is 19.2. The van der Waals surface area contributed by atoms with Crippen LogP contribution < -0.4 is 0 Å². The van der Waals surface area contributed by atoms with E-state index in [2.05, 4.69) is 125 Å². The topological polar surface area (TPSA) is 37.9 Å². The molecule has 6 aliphatic heterocycles. The van der Waals surface area contributed by atoms with E-state index in [9.17, 15) is 0 Å². The van der Waals surface area contributed by atoms with Gasteiger partial charge >= 0.3 is 0 Å². The molecule has 6 rings (SSSR count). The number of ether oxygens (including phenoxy) is 2. The van der Waals surface area contributed by atoms with Gasteiger partial charge in [-0.2, -0.15) is 11.8 Å². The monoisotopic (exact) mass is 687 g/mol. The minimum Gasteiger partial charge on any atom is -0.379 e. The second-order valence-electron chi connectivity index (χ2n) is 15.5. The van der Waals surface area contributed by atoms with Gasteiger partial charge in [0.05, 0.1) is 26.4 Å². The van der Waals surface area contributed by atoms with E-state index in [0.29, 0.717) is 12.1 Å². The Bertz CT molecular complexity index is 602. The lowest BCUT2D eigenvalue weighted by atomic mass is 10.0. The molecule has 0 spiro atoms. The van der Waals surface area contributed by atoms with Crippen LogP contribution in [-0.4, -0.2) is 186 Å². The summed E-state index contributed by atoms with van der Waals surface area (Å²) in [5.74, 6) is 3.57. The zero-order valence-electron chi connectivity index (χ0n) is 33.5. The number of morpholine rings is 2. The third-order valence-corrected chi connectivity index (χ3v) is 12.2. The van der Waals surface area contributed by atoms with Crippen LogP contribution in [0.25, 0.3) is 0 Å². The van der Waals surface area contributed by atoms with Crippen molar-refractivity contribution in [2.75, 3.05) is 126 Å². The van der Waals surface area contributed by atoms with Gasteiger partial charge in [0.1, 0.15) is 0 Å². The summed E-state index contributed by atoms with van der Waals surface area (Å²) < 4.78 is 10.4. The van der Waals surface area contributed by atoms with Crippen molar-refractivity contribution >= 4 is 11.8 Å². The van der Waals surface area contributed by atoms with Gasteiger partial charge in [0.25, 0.3) is 0 Å². The molecule has 0 radical (unpaired) electrons. The Kier molecular flexibility index (Phi) is 25.7. The first kappa shape index (κ1) is 45.1. The van der Waals surface area contributed by atoms with E-state index < -0.39 is 0 Å². The van der Waals surface area contributed by atoms with Crippen molar-refractivity contribution in [2.24, 2.45) is 5.92 Å². The second-order valence-corrected chi connectivity index (χ2v) is 16.7. The summed E-state index contributed by atoms with van der Waals surface area (Å²) in [5, 5.41) is 0. The molecule has 6 saturated heterocycles. The van der Waals surface area contributed by atoms with Crippen LogP contribution in [0.3, 0.4) is 0 Å². The van der Waals surface area contributed by atoms with Crippen molar-refractivity contribution in [1.82, 2.24) is 29.4 Å². The van der Waals surface area contributed by atoms with E-state index in [-0.39, 0.29) is 0 Å². The molecule has 0 aromatic carbocycles. The number of likely N-dealkylation sites (N-methyl/N-ethyl adjacent to an activating group) is 2. The highest BCUT2D eigenvalue weighted by atomic mass is 32.2. The molecule has 6 unspecified atom stereocenters. The highest BCUT2D eigenvalue weighted by Gasteiger charge is 2.16. The fraction of sp³-hybridized carbons (Fsp3) is 1.00. The van der Waals surface area contributed by atoms with Crippen LogP contribution in [0, 0.1) is 5.92 Å². The highest BCUT2D eigenvalue weighted by Crippen LogP contribution is 2.15. The predicted molar refractivity (Wildman–Crippen MR) is 208 cm³/mol. The fourth-order valence-electron chi connectivity index (χ4n) is 6.17. The van der Waals surface area contributed by atoms with Gasteiger partial charge in [-0.25, -0.2) is 0 Å². The lowest BCUT2D eigenvalue weighted by Gasteiger charge is -2.29. The zero-order chi connectivity index (χ0) is 35.2.